The Labute approximate surface area is 199 Å². The van der Waals surface area contributed by atoms with Crippen LogP contribution in [0.4, 0.5) is 5.69 Å². The highest BCUT2D eigenvalue weighted by atomic mass is 16.5. The number of hydrogen-bond donors (Lipinski definition) is 1. The van der Waals surface area contributed by atoms with E-state index in [0.29, 0.717) is 53.0 Å². The van der Waals surface area contributed by atoms with Gasteiger partial charge in [0.15, 0.2) is 23.0 Å². The average molecular weight is 464 g/mol. The van der Waals surface area contributed by atoms with Crippen molar-refractivity contribution >= 4 is 11.6 Å². The minimum atomic E-state index is -0.264. The molecule has 0 saturated carbocycles. The van der Waals surface area contributed by atoms with Crippen LogP contribution in [0.25, 0.3) is 0 Å². The summed E-state index contributed by atoms with van der Waals surface area (Å²) in [5.41, 5.74) is 2.94. The highest BCUT2D eigenvalue weighted by Crippen LogP contribution is 2.40. The summed E-state index contributed by atoms with van der Waals surface area (Å²) in [6, 6.07) is 16.3. The molecule has 3 rings (SSSR count). The second kappa shape index (κ2) is 11.7. The molecule has 0 heterocycles. The third-order valence-electron chi connectivity index (χ3n) is 5.17. The Morgan fingerprint density at radius 1 is 0.853 bits per heavy atom. The van der Waals surface area contributed by atoms with E-state index >= 15 is 0 Å². The maximum atomic E-state index is 12.8. The number of nitrogens with one attached hydrogen (secondary N) is 1. The van der Waals surface area contributed by atoms with Gasteiger partial charge in [-0.15, -0.1) is 6.58 Å². The SMILES string of the molecule is C=CCc1cccc(OC)c1OCc1ccc(C(=O)Nc2cc(OC)c(OC)c(OC)c2)cc1. The number of carbonyl (C=O) groups is 1. The lowest BCUT2D eigenvalue weighted by atomic mass is 10.1. The Morgan fingerprint density at radius 2 is 1.50 bits per heavy atom. The van der Waals surface area contributed by atoms with Crippen molar-refractivity contribution < 1.29 is 28.5 Å². The summed E-state index contributed by atoms with van der Waals surface area (Å²) in [4.78, 5) is 12.8. The third kappa shape index (κ3) is 5.61. The molecular formula is C27H29NO6. The van der Waals surface area contributed by atoms with Gasteiger partial charge < -0.3 is 29.0 Å². The molecule has 1 N–H and O–H groups in total. The molecule has 0 radical (unpaired) electrons. The number of rotatable bonds is 11. The van der Waals surface area contributed by atoms with E-state index in [1.54, 1.807) is 31.4 Å². The van der Waals surface area contributed by atoms with Crippen LogP contribution < -0.4 is 29.0 Å². The Bertz CT molecular complexity index is 1120. The standard InChI is InChI=1S/C27H29NO6/c1-6-8-19-9-7-10-22(30-2)25(19)34-17-18-11-13-20(14-12-18)27(29)28-21-15-23(31-3)26(33-5)24(16-21)32-4/h6-7,9-16H,1,8,17H2,2-5H3,(H,28,29). The number of hydrogen-bond acceptors (Lipinski definition) is 6. The fraction of sp³-hybridized carbons (Fsp3) is 0.222. The topological polar surface area (TPSA) is 75.3 Å². The lowest BCUT2D eigenvalue weighted by Gasteiger charge is -2.15. The van der Waals surface area contributed by atoms with E-state index in [4.69, 9.17) is 23.7 Å². The molecule has 34 heavy (non-hydrogen) atoms. The van der Waals surface area contributed by atoms with Crippen molar-refractivity contribution in [1.82, 2.24) is 0 Å². The normalized spacial score (nSPS) is 10.2. The lowest BCUT2D eigenvalue weighted by molar-refractivity contribution is 0.102. The molecule has 3 aromatic carbocycles. The summed E-state index contributed by atoms with van der Waals surface area (Å²) in [6.07, 6.45) is 2.50. The van der Waals surface area contributed by atoms with Gasteiger partial charge in [-0.25, -0.2) is 0 Å². The summed E-state index contributed by atoms with van der Waals surface area (Å²) in [5.74, 6) is 2.46. The first-order valence-corrected chi connectivity index (χ1v) is 10.6. The van der Waals surface area contributed by atoms with Crippen molar-refractivity contribution in [2.45, 2.75) is 13.0 Å². The van der Waals surface area contributed by atoms with Crippen LogP contribution in [0.15, 0.2) is 67.3 Å². The van der Waals surface area contributed by atoms with E-state index < -0.39 is 0 Å². The number of para-hydroxylation sites is 1. The Hall–Kier alpha value is -4.13. The van der Waals surface area contributed by atoms with Gasteiger partial charge in [-0.2, -0.15) is 0 Å². The quantitative estimate of drug-likeness (QED) is 0.390. The highest BCUT2D eigenvalue weighted by molar-refractivity contribution is 6.04. The van der Waals surface area contributed by atoms with Crippen LogP contribution in [-0.2, 0) is 13.0 Å². The predicted molar refractivity (Wildman–Crippen MR) is 132 cm³/mol. The average Bonchev–Trinajstić information content (AvgIpc) is 2.87. The lowest BCUT2D eigenvalue weighted by Crippen LogP contribution is -2.12. The van der Waals surface area contributed by atoms with Gasteiger partial charge in [0, 0.05) is 28.9 Å². The smallest absolute Gasteiger partial charge is 0.255 e. The maximum Gasteiger partial charge on any atom is 0.255 e. The van der Waals surface area contributed by atoms with Gasteiger partial charge in [-0.1, -0.05) is 30.3 Å². The zero-order chi connectivity index (χ0) is 24.5. The molecule has 0 fully saturated rings. The van der Waals surface area contributed by atoms with Gasteiger partial charge in [-0.05, 0) is 30.2 Å². The highest BCUT2D eigenvalue weighted by Gasteiger charge is 2.15. The summed E-state index contributed by atoms with van der Waals surface area (Å²) < 4.78 is 27.5. The van der Waals surface area contributed by atoms with E-state index in [0.717, 1.165) is 11.1 Å². The van der Waals surface area contributed by atoms with E-state index in [-0.39, 0.29) is 5.91 Å². The van der Waals surface area contributed by atoms with Crippen LogP contribution in [0.2, 0.25) is 0 Å². The molecule has 1 amide bonds. The van der Waals surface area contributed by atoms with E-state index in [1.165, 1.54) is 21.3 Å². The maximum absolute atomic E-state index is 12.8. The van der Waals surface area contributed by atoms with E-state index in [2.05, 4.69) is 11.9 Å². The molecule has 0 atom stereocenters. The first-order chi connectivity index (χ1) is 16.5. The molecule has 0 bridgehead atoms. The van der Waals surface area contributed by atoms with Gasteiger partial charge in [0.1, 0.15) is 6.61 Å². The minimum Gasteiger partial charge on any atom is -0.493 e. The van der Waals surface area contributed by atoms with Crippen LogP contribution in [0.1, 0.15) is 21.5 Å². The van der Waals surface area contributed by atoms with Crippen LogP contribution in [0.3, 0.4) is 0 Å². The number of ether oxygens (including phenoxy) is 5. The van der Waals surface area contributed by atoms with Gasteiger partial charge in [0.05, 0.1) is 28.4 Å². The Kier molecular flexibility index (Phi) is 8.40. The van der Waals surface area contributed by atoms with Crippen LogP contribution in [-0.4, -0.2) is 34.3 Å². The number of benzene rings is 3. The molecule has 0 unspecified atom stereocenters. The number of allylic oxidation sites excluding steroid dienone is 1. The molecule has 0 aliphatic carbocycles. The summed E-state index contributed by atoms with van der Waals surface area (Å²) in [5, 5.41) is 2.86. The molecule has 0 aliphatic rings. The summed E-state index contributed by atoms with van der Waals surface area (Å²) in [7, 11) is 6.18. The summed E-state index contributed by atoms with van der Waals surface area (Å²) in [6.45, 7) is 4.13. The van der Waals surface area contributed by atoms with Gasteiger partial charge in [0.25, 0.3) is 5.91 Å². The van der Waals surface area contributed by atoms with Crippen molar-refractivity contribution in [3.05, 3.63) is 83.9 Å². The number of methoxy groups -OCH3 is 4. The molecule has 0 aliphatic heterocycles. The van der Waals surface area contributed by atoms with Crippen LogP contribution >= 0.6 is 0 Å². The van der Waals surface area contributed by atoms with Crippen molar-refractivity contribution in [3.8, 4) is 28.7 Å². The van der Waals surface area contributed by atoms with Crippen molar-refractivity contribution in [1.29, 1.82) is 0 Å². The molecule has 178 valence electrons. The number of carbonyl (C=O) groups excluding carboxylic acids is 1. The fourth-order valence-electron chi connectivity index (χ4n) is 3.47. The van der Waals surface area contributed by atoms with Crippen molar-refractivity contribution in [2.75, 3.05) is 33.8 Å². The molecule has 0 spiro atoms. The van der Waals surface area contributed by atoms with Crippen LogP contribution in [0, 0.1) is 0 Å². The first kappa shape index (κ1) is 24.5. The Balaban J connectivity index is 1.71. The minimum absolute atomic E-state index is 0.264. The second-order valence-corrected chi connectivity index (χ2v) is 7.30. The molecule has 3 aromatic rings. The zero-order valence-corrected chi connectivity index (χ0v) is 19.8. The third-order valence-corrected chi connectivity index (χ3v) is 5.17. The van der Waals surface area contributed by atoms with Gasteiger partial charge in [-0.3, -0.25) is 4.79 Å². The Morgan fingerprint density at radius 3 is 2.06 bits per heavy atom. The molecular weight excluding hydrogens is 434 g/mol. The van der Waals surface area contributed by atoms with Crippen LogP contribution in [0.5, 0.6) is 28.7 Å². The second-order valence-electron chi connectivity index (χ2n) is 7.30. The first-order valence-electron chi connectivity index (χ1n) is 10.6. The van der Waals surface area contributed by atoms with Gasteiger partial charge >= 0.3 is 0 Å². The van der Waals surface area contributed by atoms with Crippen molar-refractivity contribution in [2.24, 2.45) is 0 Å². The van der Waals surface area contributed by atoms with E-state index in [1.807, 2.05) is 36.4 Å². The molecule has 7 nitrogen and oxygen atoms in total. The predicted octanol–water partition coefficient (Wildman–Crippen LogP) is 5.28. The molecule has 0 aromatic heterocycles. The van der Waals surface area contributed by atoms with Gasteiger partial charge in [0.2, 0.25) is 5.75 Å². The van der Waals surface area contributed by atoms with Crippen molar-refractivity contribution in [3.63, 3.8) is 0 Å². The molecule has 7 heteroatoms. The zero-order valence-electron chi connectivity index (χ0n) is 19.8. The fourth-order valence-corrected chi connectivity index (χ4v) is 3.47. The largest absolute Gasteiger partial charge is 0.493 e. The number of amides is 1. The number of anilines is 1. The molecule has 0 saturated heterocycles. The van der Waals surface area contributed by atoms with E-state index in [9.17, 15) is 4.79 Å². The monoisotopic (exact) mass is 463 g/mol. The summed E-state index contributed by atoms with van der Waals surface area (Å²) >= 11 is 0.